The van der Waals surface area contributed by atoms with Gasteiger partial charge in [-0.1, -0.05) is 19.7 Å². The molecule has 0 aliphatic carbocycles. The zero-order valence-electron chi connectivity index (χ0n) is 17.8. The highest BCUT2D eigenvalue weighted by molar-refractivity contribution is 5.87. The molecule has 0 fully saturated rings. The van der Waals surface area contributed by atoms with Crippen LogP contribution >= 0.6 is 0 Å². The number of esters is 4. The molecule has 8 heteroatoms. The summed E-state index contributed by atoms with van der Waals surface area (Å²) in [5.74, 6) is -2.67. The standard InChI is InChI=1S/C21H30O8/c1-9-16(22)26-10-21(11-27-17(23)14(2)3,12-28-18(24)15(4)5)13-29-19(25)20(6,7)8/h9H,1-2,4,10-13H2,3,5-8H3. The van der Waals surface area contributed by atoms with Crippen molar-refractivity contribution in [2.24, 2.45) is 10.8 Å². The number of rotatable bonds is 11. The van der Waals surface area contributed by atoms with Crippen molar-refractivity contribution in [1.29, 1.82) is 0 Å². The molecule has 0 aliphatic heterocycles. The second-order valence-electron chi connectivity index (χ2n) is 7.85. The lowest BCUT2D eigenvalue weighted by atomic mass is 9.91. The summed E-state index contributed by atoms with van der Waals surface area (Å²) in [4.78, 5) is 47.5. The van der Waals surface area contributed by atoms with Crippen molar-refractivity contribution in [3.05, 3.63) is 37.0 Å². The molecule has 0 aromatic heterocycles. The van der Waals surface area contributed by atoms with Crippen LogP contribution in [0.15, 0.2) is 37.0 Å². The van der Waals surface area contributed by atoms with E-state index in [1.54, 1.807) is 20.8 Å². The van der Waals surface area contributed by atoms with E-state index in [1.165, 1.54) is 13.8 Å². The van der Waals surface area contributed by atoms with E-state index < -0.39 is 34.7 Å². The van der Waals surface area contributed by atoms with Gasteiger partial charge in [0.2, 0.25) is 0 Å². The molecule has 0 radical (unpaired) electrons. The van der Waals surface area contributed by atoms with Crippen LogP contribution in [-0.2, 0) is 38.1 Å². The predicted octanol–water partition coefficient (Wildman–Crippen LogP) is 2.53. The van der Waals surface area contributed by atoms with Crippen molar-refractivity contribution in [3.63, 3.8) is 0 Å². The van der Waals surface area contributed by atoms with Crippen LogP contribution in [0.4, 0.5) is 0 Å². The highest BCUT2D eigenvalue weighted by Crippen LogP contribution is 2.24. The van der Waals surface area contributed by atoms with E-state index in [4.69, 9.17) is 18.9 Å². The molecule has 0 atom stereocenters. The highest BCUT2D eigenvalue weighted by Gasteiger charge is 2.39. The molecule has 0 saturated heterocycles. The van der Waals surface area contributed by atoms with Crippen LogP contribution in [0.1, 0.15) is 34.6 Å². The van der Waals surface area contributed by atoms with Gasteiger partial charge in [0, 0.05) is 17.2 Å². The lowest BCUT2D eigenvalue weighted by Gasteiger charge is -2.32. The SMILES string of the molecule is C=CC(=O)OCC(COC(=O)C(=C)C)(COC(=O)C(=C)C)COC(=O)C(C)(C)C. The number of carbonyl (C=O) groups is 4. The van der Waals surface area contributed by atoms with Crippen molar-refractivity contribution in [2.45, 2.75) is 34.6 Å². The monoisotopic (exact) mass is 410 g/mol. The first kappa shape index (κ1) is 26.1. The molecule has 0 heterocycles. The Morgan fingerprint density at radius 3 is 1.48 bits per heavy atom. The summed E-state index contributed by atoms with van der Waals surface area (Å²) < 4.78 is 20.8. The quantitative estimate of drug-likeness (QED) is 0.291. The normalized spacial score (nSPS) is 11.1. The maximum atomic E-state index is 12.2. The molecule has 0 unspecified atom stereocenters. The summed E-state index contributed by atoms with van der Waals surface area (Å²) >= 11 is 0. The summed E-state index contributed by atoms with van der Waals surface area (Å²) in [5.41, 5.74) is -1.84. The summed E-state index contributed by atoms with van der Waals surface area (Å²) in [5, 5.41) is 0. The first-order valence-corrected chi connectivity index (χ1v) is 8.86. The minimum atomic E-state index is -1.34. The molecule has 0 rings (SSSR count). The molecule has 0 spiro atoms. The minimum absolute atomic E-state index is 0.146. The van der Waals surface area contributed by atoms with E-state index >= 15 is 0 Å². The third kappa shape index (κ3) is 9.73. The number of carbonyl (C=O) groups excluding carboxylic acids is 4. The number of ether oxygens (including phenoxy) is 4. The predicted molar refractivity (Wildman–Crippen MR) is 106 cm³/mol. The van der Waals surface area contributed by atoms with Gasteiger partial charge in [-0.05, 0) is 34.6 Å². The molecule has 8 nitrogen and oxygen atoms in total. The van der Waals surface area contributed by atoms with Crippen molar-refractivity contribution in [1.82, 2.24) is 0 Å². The number of hydrogen-bond acceptors (Lipinski definition) is 8. The molecule has 29 heavy (non-hydrogen) atoms. The van der Waals surface area contributed by atoms with Gasteiger partial charge in [0.1, 0.15) is 31.8 Å². The zero-order valence-corrected chi connectivity index (χ0v) is 17.8. The van der Waals surface area contributed by atoms with Crippen LogP contribution in [0.25, 0.3) is 0 Å². The Morgan fingerprint density at radius 2 is 1.14 bits per heavy atom. The molecule has 0 N–H and O–H groups in total. The fourth-order valence-electron chi connectivity index (χ4n) is 1.65. The maximum Gasteiger partial charge on any atom is 0.333 e. The van der Waals surface area contributed by atoms with Gasteiger partial charge in [-0.25, -0.2) is 14.4 Å². The maximum absolute atomic E-state index is 12.2. The topological polar surface area (TPSA) is 105 Å². The Balaban J connectivity index is 5.68. The van der Waals surface area contributed by atoms with Crippen molar-refractivity contribution < 1.29 is 38.1 Å². The van der Waals surface area contributed by atoms with E-state index in [-0.39, 0.29) is 37.6 Å². The fourth-order valence-corrected chi connectivity index (χ4v) is 1.65. The van der Waals surface area contributed by atoms with Crippen molar-refractivity contribution in [3.8, 4) is 0 Å². The lowest BCUT2D eigenvalue weighted by Crippen LogP contribution is -2.44. The smallest absolute Gasteiger partial charge is 0.333 e. The van der Waals surface area contributed by atoms with Crippen LogP contribution in [-0.4, -0.2) is 50.3 Å². The van der Waals surface area contributed by atoms with Crippen LogP contribution in [0.2, 0.25) is 0 Å². The summed E-state index contributed by atoms with van der Waals surface area (Å²) in [7, 11) is 0. The summed E-state index contributed by atoms with van der Waals surface area (Å²) in [6.45, 7) is 16.8. The van der Waals surface area contributed by atoms with Gasteiger partial charge >= 0.3 is 23.9 Å². The van der Waals surface area contributed by atoms with Crippen LogP contribution < -0.4 is 0 Å². The van der Waals surface area contributed by atoms with E-state index in [0.717, 1.165) is 6.08 Å². The molecule has 0 bridgehead atoms. The summed E-state index contributed by atoms with van der Waals surface area (Å²) in [6.07, 6.45) is 0.950. The van der Waals surface area contributed by atoms with Gasteiger partial charge < -0.3 is 18.9 Å². The molecule has 0 aliphatic rings. The Labute approximate surface area is 171 Å². The molecule has 162 valence electrons. The first-order chi connectivity index (χ1) is 13.2. The van der Waals surface area contributed by atoms with Crippen LogP contribution in [0, 0.1) is 10.8 Å². The average molecular weight is 410 g/mol. The van der Waals surface area contributed by atoms with Crippen molar-refractivity contribution in [2.75, 3.05) is 26.4 Å². The number of hydrogen-bond donors (Lipinski definition) is 0. The lowest BCUT2D eigenvalue weighted by molar-refractivity contribution is -0.170. The fraction of sp³-hybridized carbons (Fsp3) is 0.524. The van der Waals surface area contributed by atoms with Gasteiger partial charge in [-0.15, -0.1) is 0 Å². The highest BCUT2D eigenvalue weighted by atomic mass is 16.6. The van der Waals surface area contributed by atoms with Gasteiger partial charge in [-0.2, -0.15) is 0 Å². The molecule has 0 aromatic rings. The van der Waals surface area contributed by atoms with E-state index in [0.29, 0.717) is 0 Å². The second kappa shape index (κ2) is 11.2. The Morgan fingerprint density at radius 1 is 0.759 bits per heavy atom. The molecular weight excluding hydrogens is 380 g/mol. The average Bonchev–Trinajstić information content (AvgIpc) is 2.64. The van der Waals surface area contributed by atoms with Gasteiger partial charge in [0.05, 0.1) is 5.41 Å². The van der Waals surface area contributed by atoms with Gasteiger partial charge in [0.15, 0.2) is 0 Å². The van der Waals surface area contributed by atoms with Crippen molar-refractivity contribution >= 4 is 23.9 Å². The van der Waals surface area contributed by atoms with E-state index in [9.17, 15) is 19.2 Å². The van der Waals surface area contributed by atoms with E-state index in [1.807, 2.05) is 0 Å². The Bertz CT molecular complexity index is 651. The largest absolute Gasteiger partial charge is 0.464 e. The van der Waals surface area contributed by atoms with E-state index in [2.05, 4.69) is 19.7 Å². The Hall–Kier alpha value is -2.90. The molecule has 0 amide bonds. The van der Waals surface area contributed by atoms with Gasteiger partial charge in [0.25, 0.3) is 0 Å². The molecular formula is C21H30O8. The molecule has 0 aromatic carbocycles. The second-order valence-corrected chi connectivity index (χ2v) is 7.85. The molecule has 0 saturated carbocycles. The van der Waals surface area contributed by atoms with Gasteiger partial charge in [-0.3, -0.25) is 4.79 Å². The Kier molecular flexibility index (Phi) is 10.1. The first-order valence-electron chi connectivity index (χ1n) is 8.86. The van der Waals surface area contributed by atoms with Crippen LogP contribution in [0.3, 0.4) is 0 Å². The third-order valence-electron chi connectivity index (χ3n) is 3.52. The van der Waals surface area contributed by atoms with Crippen LogP contribution in [0.5, 0.6) is 0 Å². The minimum Gasteiger partial charge on any atom is -0.464 e. The summed E-state index contributed by atoms with van der Waals surface area (Å²) in [6, 6.07) is 0. The zero-order chi connectivity index (χ0) is 22.8. The third-order valence-corrected chi connectivity index (χ3v) is 3.52.